The van der Waals surface area contributed by atoms with Gasteiger partial charge in [0.25, 0.3) is 0 Å². The topological polar surface area (TPSA) is 38.7 Å². The SMILES string of the molecule is CC/C(C=O)=N\OC. The summed E-state index contributed by atoms with van der Waals surface area (Å²) >= 11 is 0. The van der Waals surface area contributed by atoms with Gasteiger partial charge in [-0.15, -0.1) is 0 Å². The monoisotopic (exact) mass is 115 g/mol. The summed E-state index contributed by atoms with van der Waals surface area (Å²) in [5.41, 5.74) is 0.438. The van der Waals surface area contributed by atoms with E-state index in [1.165, 1.54) is 7.11 Å². The Hall–Kier alpha value is -0.860. The smallest absolute Gasteiger partial charge is 0.167 e. The van der Waals surface area contributed by atoms with Gasteiger partial charge in [-0.2, -0.15) is 0 Å². The predicted octanol–water partition coefficient (Wildman–Crippen LogP) is 0.598. The Morgan fingerprint density at radius 1 is 1.88 bits per heavy atom. The van der Waals surface area contributed by atoms with Crippen LogP contribution in [-0.4, -0.2) is 19.1 Å². The number of hydrogen-bond acceptors (Lipinski definition) is 3. The summed E-state index contributed by atoms with van der Waals surface area (Å²) in [6.45, 7) is 1.84. The molecule has 0 aromatic heterocycles. The summed E-state index contributed by atoms with van der Waals surface area (Å²) in [6.07, 6.45) is 1.31. The molecule has 0 aliphatic rings. The van der Waals surface area contributed by atoms with Crippen molar-refractivity contribution in [1.29, 1.82) is 0 Å². The molecule has 0 heterocycles. The fourth-order valence-corrected chi connectivity index (χ4v) is 0.287. The van der Waals surface area contributed by atoms with Crippen LogP contribution in [0.25, 0.3) is 0 Å². The van der Waals surface area contributed by atoms with Crippen molar-refractivity contribution in [2.24, 2.45) is 5.16 Å². The molecule has 0 saturated carbocycles. The first-order valence-electron chi connectivity index (χ1n) is 2.40. The molecule has 0 radical (unpaired) electrons. The predicted molar refractivity (Wildman–Crippen MR) is 30.8 cm³/mol. The van der Waals surface area contributed by atoms with Gasteiger partial charge in [0.05, 0.1) is 0 Å². The van der Waals surface area contributed by atoms with E-state index in [-0.39, 0.29) is 0 Å². The minimum Gasteiger partial charge on any atom is -0.399 e. The third-order valence-electron chi connectivity index (χ3n) is 0.707. The van der Waals surface area contributed by atoms with E-state index in [2.05, 4.69) is 9.99 Å². The summed E-state index contributed by atoms with van der Waals surface area (Å²) < 4.78 is 0. The van der Waals surface area contributed by atoms with Crippen LogP contribution >= 0.6 is 0 Å². The average Bonchev–Trinajstić information content (AvgIpc) is 1.83. The summed E-state index contributed by atoms with van der Waals surface area (Å²) in [7, 11) is 1.42. The second kappa shape index (κ2) is 4.30. The van der Waals surface area contributed by atoms with Crippen LogP contribution in [0.4, 0.5) is 0 Å². The fourth-order valence-electron chi connectivity index (χ4n) is 0.287. The zero-order valence-corrected chi connectivity index (χ0v) is 5.05. The van der Waals surface area contributed by atoms with E-state index in [0.29, 0.717) is 18.4 Å². The zero-order valence-electron chi connectivity index (χ0n) is 5.05. The third kappa shape index (κ3) is 2.34. The minimum absolute atomic E-state index is 0.438. The lowest BCUT2D eigenvalue weighted by molar-refractivity contribution is -0.102. The molecule has 0 atom stereocenters. The van der Waals surface area contributed by atoms with Gasteiger partial charge in [0.1, 0.15) is 12.8 Å². The van der Waals surface area contributed by atoms with Crippen LogP contribution in [0.2, 0.25) is 0 Å². The van der Waals surface area contributed by atoms with E-state index in [0.717, 1.165) is 0 Å². The Balaban J connectivity index is 3.66. The van der Waals surface area contributed by atoms with E-state index >= 15 is 0 Å². The second-order valence-corrected chi connectivity index (χ2v) is 1.24. The van der Waals surface area contributed by atoms with Crippen LogP contribution in [0.5, 0.6) is 0 Å². The molecule has 0 aromatic rings. The maximum Gasteiger partial charge on any atom is 0.167 e. The first kappa shape index (κ1) is 7.14. The molecule has 3 heteroatoms. The molecule has 0 bridgehead atoms. The highest BCUT2D eigenvalue weighted by molar-refractivity contribution is 6.27. The van der Waals surface area contributed by atoms with Gasteiger partial charge in [-0.05, 0) is 6.42 Å². The molecule has 8 heavy (non-hydrogen) atoms. The molecular weight excluding hydrogens is 106 g/mol. The van der Waals surface area contributed by atoms with Gasteiger partial charge in [0, 0.05) is 0 Å². The van der Waals surface area contributed by atoms with Crippen molar-refractivity contribution in [3.05, 3.63) is 0 Å². The summed E-state index contributed by atoms with van der Waals surface area (Å²) in [6, 6.07) is 0. The standard InChI is InChI=1S/C5H9NO2/c1-3-5(4-7)6-8-2/h4H,3H2,1-2H3/b6-5+. The van der Waals surface area contributed by atoms with Crippen LogP contribution in [-0.2, 0) is 9.63 Å². The Bertz CT molecular complexity index is 98.6. The van der Waals surface area contributed by atoms with Crippen molar-refractivity contribution >= 4 is 12.0 Å². The van der Waals surface area contributed by atoms with Crippen LogP contribution in [0.15, 0.2) is 5.16 Å². The number of carbonyl (C=O) groups excluding carboxylic acids is 1. The van der Waals surface area contributed by atoms with Crippen LogP contribution < -0.4 is 0 Å². The van der Waals surface area contributed by atoms with Crippen molar-refractivity contribution in [1.82, 2.24) is 0 Å². The molecule has 0 aliphatic heterocycles. The van der Waals surface area contributed by atoms with Gasteiger partial charge in [0.15, 0.2) is 6.29 Å². The van der Waals surface area contributed by atoms with Gasteiger partial charge >= 0.3 is 0 Å². The van der Waals surface area contributed by atoms with Gasteiger partial charge in [-0.25, -0.2) is 0 Å². The maximum atomic E-state index is 9.92. The molecule has 0 saturated heterocycles. The van der Waals surface area contributed by atoms with Crippen molar-refractivity contribution in [3.8, 4) is 0 Å². The molecule has 0 amide bonds. The van der Waals surface area contributed by atoms with Crippen LogP contribution in [0.1, 0.15) is 13.3 Å². The fraction of sp³-hybridized carbons (Fsp3) is 0.600. The van der Waals surface area contributed by atoms with Crippen molar-refractivity contribution < 1.29 is 9.63 Å². The Morgan fingerprint density at radius 3 is 2.62 bits per heavy atom. The zero-order chi connectivity index (χ0) is 6.41. The first-order valence-corrected chi connectivity index (χ1v) is 2.40. The Labute approximate surface area is 48.3 Å². The number of rotatable bonds is 3. The van der Waals surface area contributed by atoms with Crippen LogP contribution in [0, 0.1) is 0 Å². The quantitative estimate of drug-likeness (QED) is 0.307. The van der Waals surface area contributed by atoms with E-state index in [1.807, 2.05) is 6.92 Å². The minimum atomic E-state index is 0.438. The first-order chi connectivity index (χ1) is 3.85. The highest BCUT2D eigenvalue weighted by Gasteiger charge is 1.88. The molecule has 0 rings (SSSR count). The van der Waals surface area contributed by atoms with Gasteiger partial charge in [-0.1, -0.05) is 12.1 Å². The number of oxime groups is 1. The van der Waals surface area contributed by atoms with Crippen LogP contribution in [0.3, 0.4) is 0 Å². The largest absolute Gasteiger partial charge is 0.399 e. The van der Waals surface area contributed by atoms with E-state index in [9.17, 15) is 4.79 Å². The summed E-state index contributed by atoms with van der Waals surface area (Å²) in [4.78, 5) is 14.3. The maximum absolute atomic E-state index is 9.92. The van der Waals surface area contributed by atoms with Crippen molar-refractivity contribution in [3.63, 3.8) is 0 Å². The highest BCUT2D eigenvalue weighted by Crippen LogP contribution is 1.80. The normalized spacial score (nSPS) is 11.0. The molecule has 0 fully saturated rings. The van der Waals surface area contributed by atoms with E-state index in [4.69, 9.17) is 0 Å². The highest BCUT2D eigenvalue weighted by atomic mass is 16.6. The number of hydrogen-bond donors (Lipinski definition) is 0. The van der Waals surface area contributed by atoms with Gasteiger partial charge in [-0.3, -0.25) is 4.79 Å². The molecule has 0 unspecified atom stereocenters. The lowest BCUT2D eigenvalue weighted by Crippen LogP contribution is -1.96. The molecule has 3 nitrogen and oxygen atoms in total. The molecule has 0 spiro atoms. The lowest BCUT2D eigenvalue weighted by Gasteiger charge is -1.88. The molecule has 0 aliphatic carbocycles. The lowest BCUT2D eigenvalue weighted by atomic mass is 10.3. The number of nitrogens with zero attached hydrogens (tertiary/aromatic N) is 1. The van der Waals surface area contributed by atoms with E-state index < -0.39 is 0 Å². The van der Waals surface area contributed by atoms with Gasteiger partial charge in [0.2, 0.25) is 0 Å². The van der Waals surface area contributed by atoms with Crippen molar-refractivity contribution in [2.75, 3.05) is 7.11 Å². The molecule has 0 aromatic carbocycles. The third-order valence-corrected chi connectivity index (χ3v) is 0.707. The Kier molecular flexibility index (Phi) is 3.84. The molecular formula is C5H9NO2. The number of aldehydes is 1. The number of carbonyl (C=O) groups is 1. The Morgan fingerprint density at radius 2 is 2.50 bits per heavy atom. The molecule has 46 valence electrons. The second-order valence-electron chi connectivity index (χ2n) is 1.24. The van der Waals surface area contributed by atoms with E-state index in [1.54, 1.807) is 0 Å². The van der Waals surface area contributed by atoms with Crippen molar-refractivity contribution in [2.45, 2.75) is 13.3 Å². The average molecular weight is 115 g/mol. The van der Waals surface area contributed by atoms with Gasteiger partial charge < -0.3 is 4.84 Å². The summed E-state index contributed by atoms with van der Waals surface area (Å²) in [5.74, 6) is 0. The molecule has 0 N–H and O–H groups in total. The summed E-state index contributed by atoms with van der Waals surface area (Å²) in [5, 5.41) is 3.41.